The zero-order valence-corrected chi connectivity index (χ0v) is 10.9. The summed E-state index contributed by atoms with van der Waals surface area (Å²) >= 11 is 0. The fourth-order valence-electron chi connectivity index (χ4n) is 2.42. The minimum atomic E-state index is -2.14. The lowest BCUT2D eigenvalue weighted by Crippen LogP contribution is -2.30. The SMILES string of the molecule is CC(CC1CCCN1)Nc1c(F)c(F)c(F)c(F)c1F. The summed E-state index contributed by atoms with van der Waals surface area (Å²) < 4.78 is 65.9. The van der Waals surface area contributed by atoms with Crippen molar-refractivity contribution in [1.29, 1.82) is 0 Å². The molecule has 0 aliphatic carbocycles. The molecule has 7 heteroatoms. The van der Waals surface area contributed by atoms with Crippen molar-refractivity contribution in [3.05, 3.63) is 29.1 Å². The van der Waals surface area contributed by atoms with E-state index in [-0.39, 0.29) is 6.04 Å². The van der Waals surface area contributed by atoms with E-state index in [1.807, 2.05) is 0 Å². The maximum absolute atomic E-state index is 13.5. The monoisotopic (exact) mass is 294 g/mol. The van der Waals surface area contributed by atoms with Gasteiger partial charge in [0.15, 0.2) is 23.3 Å². The minimum absolute atomic E-state index is 0.193. The lowest BCUT2D eigenvalue weighted by atomic mass is 10.1. The van der Waals surface area contributed by atoms with Crippen LogP contribution in [0.3, 0.4) is 0 Å². The second-order valence-corrected chi connectivity index (χ2v) is 5.02. The third-order valence-electron chi connectivity index (χ3n) is 3.40. The second-order valence-electron chi connectivity index (χ2n) is 5.02. The Hall–Kier alpha value is -1.37. The number of hydrogen-bond acceptors (Lipinski definition) is 2. The smallest absolute Gasteiger partial charge is 0.200 e. The Morgan fingerprint density at radius 1 is 1.05 bits per heavy atom. The molecule has 2 N–H and O–H groups in total. The molecule has 1 fully saturated rings. The van der Waals surface area contributed by atoms with E-state index in [9.17, 15) is 22.0 Å². The highest BCUT2D eigenvalue weighted by atomic mass is 19.2. The molecule has 1 aromatic carbocycles. The van der Waals surface area contributed by atoms with Crippen LogP contribution in [0.5, 0.6) is 0 Å². The molecule has 0 amide bonds. The second kappa shape index (κ2) is 5.95. The number of benzene rings is 1. The van der Waals surface area contributed by atoms with Gasteiger partial charge in [-0.1, -0.05) is 0 Å². The first-order valence-corrected chi connectivity index (χ1v) is 6.43. The van der Waals surface area contributed by atoms with Gasteiger partial charge in [0.25, 0.3) is 0 Å². The molecular formula is C13H15F5N2. The maximum Gasteiger partial charge on any atom is 0.200 e. The van der Waals surface area contributed by atoms with Crippen molar-refractivity contribution in [2.75, 3.05) is 11.9 Å². The standard InChI is InChI=1S/C13H15F5N2/c1-6(5-7-3-2-4-19-7)20-13-11(17)9(15)8(14)10(16)12(13)18/h6-7,19-20H,2-5H2,1H3. The predicted octanol–water partition coefficient (Wildman–Crippen LogP) is 3.32. The van der Waals surface area contributed by atoms with Crippen molar-refractivity contribution >= 4 is 5.69 Å². The Bertz CT molecular complexity index is 471. The van der Waals surface area contributed by atoms with E-state index in [0.29, 0.717) is 6.42 Å². The molecule has 0 spiro atoms. The molecule has 0 radical (unpaired) electrons. The van der Waals surface area contributed by atoms with E-state index in [0.717, 1.165) is 19.4 Å². The summed E-state index contributed by atoms with van der Waals surface area (Å²) in [6.07, 6.45) is 2.49. The van der Waals surface area contributed by atoms with Crippen molar-refractivity contribution < 1.29 is 22.0 Å². The van der Waals surface area contributed by atoms with Crippen molar-refractivity contribution in [3.63, 3.8) is 0 Å². The molecule has 1 aliphatic heterocycles. The fourth-order valence-corrected chi connectivity index (χ4v) is 2.42. The fraction of sp³-hybridized carbons (Fsp3) is 0.538. The van der Waals surface area contributed by atoms with Crippen LogP contribution in [-0.4, -0.2) is 18.6 Å². The summed E-state index contributed by atoms with van der Waals surface area (Å²) in [4.78, 5) is 0. The van der Waals surface area contributed by atoms with Gasteiger partial charge in [0, 0.05) is 12.1 Å². The average molecular weight is 294 g/mol. The topological polar surface area (TPSA) is 24.1 Å². The van der Waals surface area contributed by atoms with Gasteiger partial charge in [-0.2, -0.15) is 0 Å². The largest absolute Gasteiger partial charge is 0.378 e. The molecule has 1 aromatic rings. The normalized spacial score (nSPS) is 20.2. The predicted molar refractivity (Wildman–Crippen MR) is 65.0 cm³/mol. The van der Waals surface area contributed by atoms with Crippen molar-refractivity contribution in [2.45, 2.75) is 38.3 Å². The van der Waals surface area contributed by atoms with Crippen LogP contribution < -0.4 is 10.6 Å². The molecule has 2 rings (SSSR count). The van der Waals surface area contributed by atoms with Gasteiger partial charge in [-0.05, 0) is 32.7 Å². The summed E-state index contributed by atoms with van der Waals surface area (Å²) in [7, 11) is 0. The van der Waals surface area contributed by atoms with Crippen LogP contribution in [0.25, 0.3) is 0 Å². The van der Waals surface area contributed by atoms with Gasteiger partial charge >= 0.3 is 0 Å². The Morgan fingerprint density at radius 3 is 2.10 bits per heavy atom. The van der Waals surface area contributed by atoms with Crippen LogP contribution in [-0.2, 0) is 0 Å². The van der Waals surface area contributed by atoms with Gasteiger partial charge in [-0.15, -0.1) is 0 Å². The highest BCUT2D eigenvalue weighted by molar-refractivity contribution is 5.48. The summed E-state index contributed by atoms with van der Waals surface area (Å²) in [5, 5.41) is 5.58. The Morgan fingerprint density at radius 2 is 1.60 bits per heavy atom. The van der Waals surface area contributed by atoms with E-state index in [1.165, 1.54) is 0 Å². The molecule has 1 heterocycles. The van der Waals surface area contributed by atoms with E-state index in [1.54, 1.807) is 6.92 Å². The van der Waals surface area contributed by atoms with Crippen LogP contribution in [0.2, 0.25) is 0 Å². The molecule has 1 aliphatic rings. The Labute approximate surface area is 113 Å². The van der Waals surface area contributed by atoms with Crippen LogP contribution in [0.1, 0.15) is 26.2 Å². The quantitative estimate of drug-likeness (QED) is 0.506. The zero-order valence-electron chi connectivity index (χ0n) is 10.9. The van der Waals surface area contributed by atoms with Crippen LogP contribution in [0.4, 0.5) is 27.6 Å². The van der Waals surface area contributed by atoms with E-state index < -0.39 is 40.8 Å². The molecule has 2 nitrogen and oxygen atoms in total. The highest BCUT2D eigenvalue weighted by Crippen LogP contribution is 2.28. The third kappa shape index (κ3) is 2.87. The first-order chi connectivity index (χ1) is 9.41. The molecular weight excluding hydrogens is 279 g/mol. The maximum atomic E-state index is 13.5. The number of anilines is 1. The van der Waals surface area contributed by atoms with E-state index >= 15 is 0 Å². The number of halogens is 5. The average Bonchev–Trinajstić information content (AvgIpc) is 2.92. The molecule has 0 saturated carbocycles. The molecule has 2 atom stereocenters. The number of nitrogens with one attached hydrogen (secondary N) is 2. The number of hydrogen-bond donors (Lipinski definition) is 2. The molecule has 112 valence electrons. The lowest BCUT2D eigenvalue weighted by molar-refractivity contribution is 0.380. The lowest BCUT2D eigenvalue weighted by Gasteiger charge is -2.20. The Balaban J connectivity index is 2.16. The summed E-state index contributed by atoms with van der Waals surface area (Å²) in [5.74, 6) is -9.66. The minimum Gasteiger partial charge on any atom is -0.378 e. The highest BCUT2D eigenvalue weighted by Gasteiger charge is 2.27. The van der Waals surface area contributed by atoms with Gasteiger partial charge in [0.05, 0.1) is 0 Å². The van der Waals surface area contributed by atoms with Gasteiger partial charge in [-0.25, -0.2) is 22.0 Å². The van der Waals surface area contributed by atoms with Crippen molar-refractivity contribution in [1.82, 2.24) is 5.32 Å². The van der Waals surface area contributed by atoms with Crippen LogP contribution in [0.15, 0.2) is 0 Å². The Kier molecular flexibility index (Phi) is 4.47. The molecule has 2 unspecified atom stereocenters. The van der Waals surface area contributed by atoms with Crippen molar-refractivity contribution in [2.24, 2.45) is 0 Å². The first kappa shape index (κ1) is 15.0. The van der Waals surface area contributed by atoms with Crippen molar-refractivity contribution in [3.8, 4) is 0 Å². The van der Waals surface area contributed by atoms with E-state index in [4.69, 9.17) is 0 Å². The van der Waals surface area contributed by atoms with Gasteiger partial charge < -0.3 is 10.6 Å². The van der Waals surface area contributed by atoms with Crippen LogP contribution >= 0.6 is 0 Å². The molecule has 1 saturated heterocycles. The molecule has 20 heavy (non-hydrogen) atoms. The van der Waals surface area contributed by atoms with Gasteiger partial charge in [0.2, 0.25) is 5.82 Å². The third-order valence-corrected chi connectivity index (χ3v) is 3.40. The van der Waals surface area contributed by atoms with E-state index in [2.05, 4.69) is 10.6 Å². The van der Waals surface area contributed by atoms with Gasteiger partial charge in [-0.3, -0.25) is 0 Å². The summed E-state index contributed by atoms with van der Waals surface area (Å²) in [5.41, 5.74) is -0.966. The molecule has 0 aromatic heterocycles. The summed E-state index contributed by atoms with van der Waals surface area (Å²) in [6, 6.07) is -0.224. The van der Waals surface area contributed by atoms with Gasteiger partial charge in [0.1, 0.15) is 5.69 Å². The summed E-state index contributed by atoms with van der Waals surface area (Å²) in [6.45, 7) is 2.51. The zero-order chi connectivity index (χ0) is 14.9. The van der Waals surface area contributed by atoms with Crippen LogP contribution in [0, 0.1) is 29.1 Å². The molecule has 0 bridgehead atoms. The number of rotatable bonds is 4. The first-order valence-electron chi connectivity index (χ1n) is 6.43.